The first-order chi connectivity index (χ1) is 27.2. The molecule has 57 heavy (non-hydrogen) atoms. The van der Waals surface area contributed by atoms with E-state index in [2.05, 4.69) is 9.97 Å². The third-order valence-corrected chi connectivity index (χ3v) is 11.2. The Bertz CT molecular complexity index is 1800. The number of hydrogen-bond acceptors (Lipinski definition) is 13. The number of aliphatic hydroxyl groups is 2. The van der Waals surface area contributed by atoms with Gasteiger partial charge < -0.3 is 42.7 Å². The van der Waals surface area contributed by atoms with Crippen molar-refractivity contribution in [1.29, 1.82) is 0 Å². The number of fused-ring (bicyclic) bond motifs is 7. The summed E-state index contributed by atoms with van der Waals surface area (Å²) in [6.07, 6.45) is 19.3. The molecule has 9 atom stereocenters. The molecule has 0 aromatic carbocycles. The molecular formula is C44H60N2O11. The van der Waals surface area contributed by atoms with Crippen LogP contribution in [-0.2, 0) is 30.1 Å². The standard InChI is InChI=1S/C44H60N2O11/c1-9-14-34(47)43(4,5)36-20-12-17-27(3)16-11-18-28(51-8)24-38-45-29(25-52-38)41(49)56-37(44(6,7)35(48)15-10-2)21-13-19-31-32(54-31)22-23-33-39(55-33)40-46-30(26-53-40)42(50)57-36/h9-12,14-18,25-26,28,31-37,39,47-48H,13,19-24H2,1-8H3/b14-9+,15-10+,17-12-,18-11-,27-16-/t28-,31+,32-,33-,34-,35-,36-,37-,39-/m0/s1. The van der Waals surface area contributed by atoms with E-state index in [1.54, 1.807) is 31.4 Å². The molecule has 5 rings (SSSR count). The number of methoxy groups -OCH3 is 1. The van der Waals surface area contributed by atoms with Gasteiger partial charge in [0.05, 0.1) is 43.0 Å². The lowest BCUT2D eigenvalue weighted by atomic mass is 9.78. The Balaban J connectivity index is 1.35. The van der Waals surface area contributed by atoms with Gasteiger partial charge in [0.25, 0.3) is 0 Å². The second-order valence-corrected chi connectivity index (χ2v) is 16.3. The number of aromatic nitrogens is 2. The van der Waals surface area contributed by atoms with Crippen LogP contribution in [0.2, 0.25) is 0 Å². The Morgan fingerprint density at radius 3 is 2.12 bits per heavy atom. The molecule has 0 aliphatic carbocycles. The number of carbonyl (C=O) groups excluding carboxylic acids is 2. The lowest BCUT2D eigenvalue weighted by molar-refractivity contribution is -0.0513. The molecule has 0 radical (unpaired) electrons. The summed E-state index contributed by atoms with van der Waals surface area (Å²) in [5.41, 5.74) is -0.623. The van der Waals surface area contributed by atoms with Crippen molar-refractivity contribution in [3.05, 3.63) is 96.0 Å². The number of epoxide rings is 2. The summed E-state index contributed by atoms with van der Waals surface area (Å²) < 4.78 is 40.9. The first-order valence-electron chi connectivity index (χ1n) is 20.0. The topological polar surface area (TPSA) is 179 Å². The minimum Gasteiger partial charge on any atom is -0.457 e. The zero-order valence-corrected chi connectivity index (χ0v) is 34.5. The van der Waals surface area contributed by atoms with Gasteiger partial charge in [-0.05, 0) is 52.9 Å². The number of carbonyl (C=O) groups is 2. The summed E-state index contributed by atoms with van der Waals surface area (Å²) in [7, 11) is 1.58. The number of oxazole rings is 2. The van der Waals surface area contributed by atoms with E-state index in [1.807, 2.05) is 78.8 Å². The van der Waals surface area contributed by atoms with Gasteiger partial charge in [-0.2, -0.15) is 0 Å². The average Bonchev–Trinajstić information content (AvgIpc) is 3.99. The fourth-order valence-corrected chi connectivity index (χ4v) is 6.98. The lowest BCUT2D eigenvalue weighted by Gasteiger charge is -2.36. The van der Waals surface area contributed by atoms with Gasteiger partial charge in [-0.15, -0.1) is 0 Å². The van der Waals surface area contributed by atoms with E-state index in [4.69, 9.17) is 32.5 Å². The van der Waals surface area contributed by atoms with Crippen LogP contribution in [0.4, 0.5) is 0 Å². The summed E-state index contributed by atoms with van der Waals surface area (Å²) >= 11 is 0. The molecule has 3 aliphatic heterocycles. The SMILES string of the molecule is C/C=C/[C@H](O)C(C)(C)[C@@H]1CCC[C@H]2O[C@H]2CC[C@@H]2O[C@@H]2c2nc(co2)C(=O)O[C@H](C(C)(C)[C@@H](O)/C=C/C)C\C=C/C(C)=C\C=C/[C@H](OC)Cc2nc(co2)C(=O)O1. The van der Waals surface area contributed by atoms with Crippen LogP contribution in [0.25, 0.3) is 0 Å². The van der Waals surface area contributed by atoms with Gasteiger partial charge in [-0.25, -0.2) is 19.6 Å². The van der Waals surface area contributed by atoms with Crippen molar-refractivity contribution in [2.24, 2.45) is 10.8 Å². The van der Waals surface area contributed by atoms with Gasteiger partial charge in [0.1, 0.15) is 24.7 Å². The molecule has 3 aliphatic rings. The molecule has 2 aromatic heterocycles. The zero-order chi connectivity index (χ0) is 41.3. The Labute approximate surface area is 335 Å². The predicted octanol–water partition coefficient (Wildman–Crippen LogP) is 7.52. The molecule has 2 fully saturated rings. The number of allylic oxidation sites excluding steroid dienone is 6. The molecule has 2 saturated heterocycles. The smallest absolute Gasteiger partial charge is 0.360 e. The maximum atomic E-state index is 13.4. The normalized spacial score (nSPS) is 30.6. The molecule has 312 valence electrons. The van der Waals surface area contributed by atoms with Crippen LogP contribution in [0.1, 0.15) is 126 Å². The summed E-state index contributed by atoms with van der Waals surface area (Å²) in [6, 6.07) is 0. The van der Waals surface area contributed by atoms with Crippen molar-refractivity contribution < 1.29 is 52.3 Å². The minimum absolute atomic E-state index is 0.0371. The van der Waals surface area contributed by atoms with Crippen molar-refractivity contribution in [3.63, 3.8) is 0 Å². The van der Waals surface area contributed by atoms with Crippen LogP contribution in [0.15, 0.2) is 81.6 Å². The second kappa shape index (κ2) is 19.5. The van der Waals surface area contributed by atoms with Gasteiger partial charge in [-0.1, -0.05) is 88.0 Å². The van der Waals surface area contributed by atoms with Crippen LogP contribution in [-0.4, -0.2) is 88.1 Å². The highest BCUT2D eigenvalue weighted by Crippen LogP contribution is 2.44. The van der Waals surface area contributed by atoms with E-state index < -0.39 is 53.3 Å². The maximum Gasteiger partial charge on any atom is 0.360 e. The van der Waals surface area contributed by atoms with Crippen LogP contribution in [0, 0.1) is 10.8 Å². The van der Waals surface area contributed by atoms with E-state index in [9.17, 15) is 19.8 Å². The Hall–Kier alpha value is -4.14. The third kappa shape index (κ3) is 11.7. The van der Waals surface area contributed by atoms with Crippen LogP contribution in [0.3, 0.4) is 0 Å². The molecule has 0 spiro atoms. The first-order valence-corrected chi connectivity index (χ1v) is 20.0. The summed E-state index contributed by atoms with van der Waals surface area (Å²) in [6.45, 7) is 13.1. The van der Waals surface area contributed by atoms with E-state index in [0.29, 0.717) is 31.0 Å². The van der Waals surface area contributed by atoms with E-state index in [-0.39, 0.29) is 42.2 Å². The molecule has 4 bridgehead atoms. The fraction of sp³-hybridized carbons (Fsp3) is 0.591. The average molecular weight is 793 g/mol. The molecule has 0 saturated carbocycles. The number of aliphatic hydroxyl groups excluding tert-OH is 2. The van der Waals surface area contributed by atoms with Crippen molar-refractivity contribution in [3.8, 4) is 0 Å². The molecule has 0 amide bonds. The molecule has 0 unspecified atom stereocenters. The number of rotatable bonds is 7. The van der Waals surface area contributed by atoms with E-state index >= 15 is 0 Å². The number of ether oxygens (including phenoxy) is 5. The van der Waals surface area contributed by atoms with Crippen molar-refractivity contribution in [1.82, 2.24) is 9.97 Å². The van der Waals surface area contributed by atoms with Crippen molar-refractivity contribution >= 4 is 11.9 Å². The number of cyclic esters (lactones) is 2. The molecular weight excluding hydrogens is 732 g/mol. The minimum atomic E-state index is -0.873. The zero-order valence-electron chi connectivity index (χ0n) is 34.5. The largest absolute Gasteiger partial charge is 0.457 e. The molecule has 2 aromatic rings. The highest BCUT2D eigenvalue weighted by Gasteiger charge is 2.47. The van der Waals surface area contributed by atoms with Crippen molar-refractivity contribution in [2.75, 3.05) is 7.11 Å². The first kappa shape index (κ1) is 44.0. The van der Waals surface area contributed by atoms with Crippen LogP contribution < -0.4 is 0 Å². The second-order valence-electron chi connectivity index (χ2n) is 16.3. The van der Waals surface area contributed by atoms with Gasteiger partial charge in [0.2, 0.25) is 5.89 Å². The predicted molar refractivity (Wildman–Crippen MR) is 211 cm³/mol. The van der Waals surface area contributed by atoms with Crippen LogP contribution >= 0.6 is 0 Å². The molecule has 13 heteroatoms. The maximum absolute atomic E-state index is 13.4. The van der Waals surface area contributed by atoms with Gasteiger partial charge in [-0.3, -0.25) is 0 Å². The van der Waals surface area contributed by atoms with Gasteiger partial charge in [0.15, 0.2) is 23.4 Å². The summed E-state index contributed by atoms with van der Waals surface area (Å²) in [4.78, 5) is 35.6. The Morgan fingerprint density at radius 1 is 0.825 bits per heavy atom. The monoisotopic (exact) mass is 792 g/mol. The number of hydrogen-bond donors (Lipinski definition) is 2. The molecule has 13 nitrogen and oxygen atoms in total. The summed E-state index contributed by atoms with van der Waals surface area (Å²) in [5, 5.41) is 22.0. The Morgan fingerprint density at radius 2 is 1.44 bits per heavy atom. The molecule has 5 heterocycles. The molecule has 2 N–H and O–H groups in total. The van der Waals surface area contributed by atoms with Gasteiger partial charge in [0, 0.05) is 24.4 Å². The lowest BCUT2D eigenvalue weighted by Crippen LogP contribution is -2.42. The third-order valence-electron chi connectivity index (χ3n) is 11.2. The van der Waals surface area contributed by atoms with E-state index in [0.717, 1.165) is 24.8 Å². The quantitative estimate of drug-likeness (QED) is 0.160. The number of esters is 2. The Kier molecular flexibility index (Phi) is 15.1. The summed E-state index contributed by atoms with van der Waals surface area (Å²) in [5.74, 6) is -0.640. The van der Waals surface area contributed by atoms with Crippen molar-refractivity contribution in [2.45, 2.75) is 148 Å². The van der Waals surface area contributed by atoms with Crippen LogP contribution in [0.5, 0.6) is 0 Å². The number of nitrogens with zero attached hydrogens (tertiary/aromatic N) is 2. The fourth-order valence-electron chi connectivity index (χ4n) is 6.98. The van der Waals surface area contributed by atoms with Gasteiger partial charge >= 0.3 is 11.9 Å². The highest BCUT2D eigenvalue weighted by molar-refractivity contribution is 5.87. The van der Waals surface area contributed by atoms with E-state index in [1.165, 1.54) is 12.5 Å². The highest BCUT2D eigenvalue weighted by atomic mass is 16.6.